The maximum absolute atomic E-state index is 5.95. The predicted molar refractivity (Wildman–Crippen MR) is 97.5 cm³/mol. The minimum absolute atomic E-state index is 0.432. The van der Waals surface area contributed by atoms with E-state index in [4.69, 9.17) is 11.6 Å². The van der Waals surface area contributed by atoms with Gasteiger partial charge in [-0.25, -0.2) is 14.5 Å². The van der Waals surface area contributed by atoms with Crippen LogP contribution in [0.15, 0.2) is 36.7 Å². The van der Waals surface area contributed by atoms with Gasteiger partial charge in [-0.1, -0.05) is 31.5 Å². The van der Waals surface area contributed by atoms with Gasteiger partial charge in [0.25, 0.3) is 0 Å². The Bertz CT molecular complexity index is 810. The number of pyridine rings is 1. The molecule has 1 aliphatic heterocycles. The third-order valence-electron chi connectivity index (χ3n) is 3.75. The summed E-state index contributed by atoms with van der Waals surface area (Å²) in [6.07, 6.45) is 4.48. The molecule has 24 heavy (non-hydrogen) atoms. The Labute approximate surface area is 146 Å². The summed E-state index contributed by atoms with van der Waals surface area (Å²) in [5.41, 5.74) is 2.39. The molecule has 0 saturated carbocycles. The van der Waals surface area contributed by atoms with Crippen molar-refractivity contribution in [3.8, 4) is 11.4 Å². The van der Waals surface area contributed by atoms with Crippen LogP contribution in [0.2, 0.25) is 5.02 Å². The maximum atomic E-state index is 5.95. The molecule has 1 atom stereocenters. The lowest BCUT2D eigenvalue weighted by molar-refractivity contribution is 0.788. The number of nitrogens with one attached hydrogen (secondary N) is 2. The quantitative estimate of drug-likeness (QED) is 0.763. The van der Waals surface area contributed by atoms with Gasteiger partial charge in [-0.2, -0.15) is 5.10 Å². The van der Waals surface area contributed by atoms with Crippen molar-refractivity contribution in [2.75, 3.05) is 18.4 Å². The van der Waals surface area contributed by atoms with Crippen LogP contribution in [0.1, 0.15) is 20.3 Å². The fourth-order valence-electron chi connectivity index (χ4n) is 2.67. The van der Waals surface area contributed by atoms with E-state index in [2.05, 4.69) is 25.7 Å². The summed E-state index contributed by atoms with van der Waals surface area (Å²) >= 11 is 5.95. The first kappa shape index (κ1) is 16.7. The number of fused-ring (bicyclic) bond motifs is 1. The Hall–Kier alpha value is -2.18. The monoisotopic (exact) mass is 344 g/mol. The largest absolute Gasteiger partial charge is 0.366 e. The lowest BCUT2D eigenvalue weighted by atomic mass is 10.2. The summed E-state index contributed by atoms with van der Waals surface area (Å²) in [7, 11) is 0. The van der Waals surface area contributed by atoms with Crippen molar-refractivity contribution in [2.24, 2.45) is 0 Å². The smallest absolute Gasteiger partial charge is 0.155 e. The Kier molecular flexibility index (Phi) is 5.27. The van der Waals surface area contributed by atoms with Crippen LogP contribution in [0, 0.1) is 0 Å². The van der Waals surface area contributed by atoms with Crippen LogP contribution < -0.4 is 10.6 Å². The van der Waals surface area contributed by atoms with E-state index in [0.717, 1.165) is 36.7 Å². The van der Waals surface area contributed by atoms with Gasteiger partial charge in [0.05, 0.1) is 23.1 Å². The predicted octanol–water partition coefficient (Wildman–Crippen LogP) is 3.24. The van der Waals surface area contributed by atoms with Crippen molar-refractivity contribution in [1.29, 1.82) is 0 Å². The minimum Gasteiger partial charge on any atom is -0.366 e. The number of halogens is 1. The highest BCUT2D eigenvalue weighted by Crippen LogP contribution is 2.21. The van der Waals surface area contributed by atoms with Gasteiger partial charge >= 0.3 is 0 Å². The molecule has 3 aromatic rings. The molecule has 0 bridgehead atoms. The fraction of sp³-hybridized carbons (Fsp3) is 0.353. The second kappa shape index (κ2) is 7.59. The van der Waals surface area contributed by atoms with Crippen LogP contribution in [0.3, 0.4) is 0 Å². The normalized spacial score (nSPS) is 16.7. The summed E-state index contributed by atoms with van der Waals surface area (Å²) in [6.45, 7) is 6.02. The molecule has 0 spiro atoms. The molecule has 0 radical (unpaired) electrons. The van der Waals surface area contributed by atoms with E-state index in [0.29, 0.717) is 16.7 Å². The molecule has 4 heterocycles. The van der Waals surface area contributed by atoms with Crippen molar-refractivity contribution in [2.45, 2.75) is 26.3 Å². The summed E-state index contributed by atoms with van der Waals surface area (Å²) in [5, 5.41) is 11.7. The maximum Gasteiger partial charge on any atom is 0.155 e. The highest BCUT2D eigenvalue weighted by molar-refractivity contribution is 6.30. The zero-order valence-electron chi connectivity index (χ0n) is 13.8. The van der Waals surface area contributed by atoms with E-state index >= 15 is 0 Å². The molecule has 1 unspecified atom stereocenters. The van der Waals surface area contributed by atoms with Crippen LogP contribution in [-0.2, 0) is 0 Å². The van der Waals surface area contributed by atoms with Gasteiger partial charge in [-0.05, 0) is 25.1 Å². The van der Waals surface area contributed by atoms with Gasteiger partial charge in [0.1, 0.15) is 11.5 Å². The zero-order valence-corrected chi connectivity index (χ0v) is 14.6. The van der Waals surface area contributed by atoms with Gasteiger partial charge < -0.3 is 10.6 Å². The SMILES string of the molecule is CC.Clc1cnn2c(-c3cccc(NC4CCNC4)n3)cnc2c1. The first-order valence-electron chi connectivity index (χ1n) is 8.23. The van der Waals surface area contributed by atoms with Crippen molar-refractivity contribution in [3.05, 3.63) is 41.7 Å². The van der Waals surface area contributed by atoms with Crippen LogP contribution in [0.4, 0.5) is 5.82 Å². The standard InChI is InChI=1S/C15H15ClN6.C2H6/c16-10-6-15-18-9-13(22(15)19-7-10)12-2-1-3-14(21-12)20-11-4-5-17-8-11;1-2/h1-3,6-7,9,11,17H,4-5,8H2,(H,20,21);1-2H3. The third kappa shape index (κ3) is 3.49. The molecule has 2 N–H and O–H groups in total. The van der Waals surface area contributed by atoms with E-state index < -0.39 is 0 Å². The molecule has 1 aliphatic rings. The molecule has 6 nitrogen and oxygen atoms in total. The number of aromatic nitrogens is 4. The van der Waals surface area contributed by atoms with Gasteiger partial charge in [0.2, 0.25) is 0 Å². The van der Waals surface area contributed by atoms with Crippen LogP contribution in [0.5, 0.6) is 0 Å². The summed E-state index contributed by atoms with van der Waals surface area (Å²) in [6, 6.07) is 8.14. The minimum atomic E-state index is 0.432. The zero-order chi connectivity index (χ0) is 16.9. The number of hydrogen-bond donors (Lipinski definition) is 2. The molecule has 1 saturated heterocycles. The molecule has 7 heteroatoms. The van der Waals surface area contributed by atoms with Crippen molar-refractivity contribution in [1.82, 2.24) is 24.9 Å². The number of rotatable bonds is 3. The first-order chi connectivity index (χ1) is 11.8. The Morgan fingerprint density at radius 2 is 2.17 bits per heavy atom. The van der Waals surface area contributed by atoms with Gasteiger partial charge in [0, 0.05) is 18.7 Å². The third-order valence-corrected chi connectivity index (χ3v) is 3.96. The van der Waals surface area contributed by atoms with E-state index in [9.17, 15) is 0 Å². The Morgan fingerprint density at radius 3 is 2.96 bits per heavy atom. The van der Waals surface area contributed by atoms with Gasteiger partial charge in [0.15, 0.2) is 5.65 Å². The molecule has 3 aromatic heterocycles. The van der Waals surface area contributed by atoms with Crippen molar-refractivity contribution < 1.29 is 0 Å². The number of nitrogens with zero attached hydrogens (tertiary/aromatic N) is 4. The molecule has 126 valence electrons. The molecular weight excluding hydrogens is 324 g/mol. The lowest BCUT2D eigenvalue weighted by Gasteiger charge is -2.12. The molecule has 1 fully saturated rings. The van der Waals surface area contributed by atoms with E-state index in [1.165, 1.54) is 0 Å². The molecule has 0 aliphatic carbocycles. The Balaban J connectivity index is 0.000000815. The number of anilines is 1. The highest BCUT2D eigenvalue weighted by Gasteiger charge is 2.15. The molecule has 0 aromatic carbocycles. The van der Waals surface area contributed by atoms with E-state index in [1.54, 1.807) is 23.0 Å². The summed E-state index contributed by atoms with van der Waals surface area (Å²) in [4.78, 5) is 9.01. The molecule has 4 rings (SSSR count). The van der Waals surface area contributed by atoms with Crippen molar-refractivity contribution >= 4 is 23.1 Å². The average Bonchev–Trinajstić information content (AvgIpc) is 3.26. The second-order valence-electron chi connectivity index (χ2n) is 5.33. The first-order valence-corrected chi connectivity index (χ1v) is 8.61. The molecule has 0 amide bonds. The fourth-order valence-corrected chi connectivity index (χ4v) is 2.81. The summed E-state index contributed by atoms with van der Waals surface area (Å²) in [5.74, 6) is 0.870. The average molecular weight is 345 g/mol. The van der Waals surface area contributed by atoms with Gasteiger partial charge in [-0.15, -0.1) is 0 Å². The van der Waals surface area contributed by atoms with E-state index in [-0.39, 0.29) is 0 Å². The lowest BCUT2D eigenvalue weighted by Crippen LogP contribution is -2.22. The molecular formula is C17H21ClN6. The van der Waals surface area contributed by atoms with E-state index in [1.807, 2.05) is 32.0 Å². The van der Waals surface area contributed by atoms with Crippen molar-refractivity contribution in [3.63, 3.8) is 0 Å². The summed E-state index contributed by atoms with van der Waals surface area (Å²) < 4.78 is 1.75. The van der Waals surface area contributed by atoms with Gasteiger partial charge in [-0.3, -0.25) is 0 Å². The number of hydrogen-bond acceptors (Lipinski definition) is 5. The topological polar surface area (TPSA) is 67.1 Å². The second-order valence-corrected chi connectivity index (χ2v) is 5.77. The Morgan fingerprint density at radius 1 is 1.29 bits per heavy atom. The number of imidazole rings is 1. The van der Waals surface area contributed by atoms with Crippen LogP contribution in [-0.4, -0.2) is 38.7 Å². The highest BCUT2D eigenvalue weighted by atomic mass is 35.5. The van der Waals surface area contributed by atoms with Crippen LogP contribution in [0.25, 0.3) is 17.0 Å². The van der Waals surface area contributed by atoms with Crippen LogP contribution >= 0.6 is 11.6 Å².